The van der Waals surface area contributed by atoms with Crippen molar-refractivity contribution in [2.24, 2.45) is 0 Å². The molecular weight excluding hydrogens is 242 g/mol. The zero-order valence-corrected chi connectivity index (χ0v) is 11.1. The quantitative estimate of drug-likeness (QED) is 0.886. The summed E-state index contributed by atoms with van der Waals surface area (Å²) >= 11 is 0. The highest BCUT2D eigenvalue weighted by atomic mass is 16.5. The summed E-state index contributed by atoms with van der Waals surface area (Å²) < 4.78 is 7.73. The van der Waals surface area contributed by atoms with Gasteiger partial charge in [-0.2, -0.15) is 0 Å². The van der Waals surface area contributed by atoms with Gasteiger partial charge in [-0.05, 0) is 36.0 Å². The van der Waals surface area contributed by atoms with E-state index in [4.69, 9.17) is 4.74 Å². The van der Waals surface area contributed by atoms with Gasteiger partial charge in [-0.15, -0.1) is 5.10 Å². The number of fused-ring (bicyclic) bond motifs is 1. The third kappa shape index (κ3) is 2.31. The fraction of sp³-hybridized carbons (Fsp3) is 0.462. The van der Waals surface area contributed by atoms with E-state index in [2.05, 4.69) is 26.9 Å². The number of ether oxygens (including phenoxy) is 1. The van der Waals surface area contributed by atoms with Gasteiger partial charge in [0.2, 0.25) is 0 Å². The molecule has 0 amide bonds. The summed E-state index contributed by atoms with van der Waals surface area (Å²) in [6.07, 6.45) is 1.01. The molecule has 0 fully saturated rings. The van der Waals surface area contributed by atoms with Crippen LogP contribution in [0, 0.1) is 0 Å². The summed E-state index contributed by atoms with van der Waals surface area (Å²) in [5.41, 5.74) is 1.25. The summed E-state index contributed by atoms with van der Waals surface area (Å²) in [4.78, 5) is 0. The first-order valence-corrected chi connectivity index (χ1v) is 6.46. The molecule has 2 atom stereocenters. The molecule has 6 heteroatoms. The maximum Gasteiger partial charge on any atom is 0.168 e. The third-order valence-corrected chi connectivity index (χ3v) is 3.47. The van der Waals surface area contributed by atoms with Gasteiger partial charge in [0.15, 0.2) is 5.82 Å². The smallest absolute Gasteiger partial charge is 0.168 e. The van der Waals surface area contributed by atoms with Crippen molar-refractivity contribution in [3.63, 3.8) is 0 Å². The Labute approximate surface area is 111 Å². The average molecular weight is 259 g/mol. The number of benzene rings is 1. The molecule has 1 aliphatic heterocycles. The summed E-state index contributed by atoms with van der Waals surface area (Å²) in [6.45, 7) is 2.70. The van der Waals surface area contributed by atoms with E-state index >= 15 is 0 Å². The Balaban J connectivity index is 1.73. The Bertz CT molecular complexity index is 543. The molecule has 0 spiro atoms. The molecule has 0 saturated heterocycles. The van der Waals surface area contributed by atoms with E-state index in [1.807, 2.05) is 36.9 Å². The Morgan fingerprint density at radius 2 is 2.32 bits per heavy atom. The van der Waals surface area contributed by atoms with Gasteiger partial charge < -0.3 is 10.1 Å². The molecule has 2 unspecified atom stereocenters. The lowest BCUT2D eigenvalue weighted by atomic mass is 10.1. The zero-order valence-electron chi connectivity index (χ0n) is 11.1. The van der Waals surface area contributed by atoms with Crippen LogP contribution >= 0.6 is 0 Å². The molecule has 0 saturated carbocycles. The first-order chi connectivity index (χ1) is 9.28. The van der Waals surface area contributed by atoms with Crippen LogP contribution in [0.3, 0.4) is 0 Å². The van der Waals surface area contributed by atoms with E-state index in [0.717, 1.165) is 18.0 Å². The van der Waals surface area contributed by atoms with Crippen molar-refractivity contribution in [1.29, 1.82) is 0 Å². The normalized spacial score (nSPS) is 18.9. The number of aromatic nitrogens is 4. The number of nitrogens with one attached hydrogen (secondary N) is 1. The Morgan fingerprint density at radius 3 is 3.11 bits per heavy atom. The maximum atomic E-state index is 5.91. The molecule has 1 N–H and O–H groups in total. The minimum atomic E-state index is 0.101. The molecule has 1 aliphatic rings. The average Bonchev–Trinajstić information content (AvgIpc) is 3.04. The number of hydrogen-bond donors (Lipinski definition) is 1. The minimum absolute atomic E-state index is 0.101. The SMILES string of the molecule is CNC(C)c1nnnn1CC1Cc2ccccc2O1. The Morgan fingerprint density at radius 1 is 1.47 bits per heavy atom. The van der Waals surface area contributed by atoms with Crippen LogP contribution in [0.4, 0.5) is 0 Å². The summed E-state index contributed by atoms with van der Waals surface area (Å²) in [7, 11) is 1.89. The van der Waals surface area contributed by atoms with Crippen LogP contribution < -0.4 is 10.1 Å². The van der Waals surface area contributed by atoms with E-state index in [9.17, 15) is 0 Å². The van der Waals surface area contributed by atoms with Crippen molar-refractivity contribution < 1.29 is 4.74 Å². The van der Waals surface area contributed by atoms with Crippen molar-refractivity contribution >= 4 is 0 Å². The molecule has 0 aliphatic carbocycles. The zero-order chi connectivity index (χ0) is 13.2. The molecule has 19 heavy (non-hydrogen) atoms. The summed E-state index contributed by atoms with van der Waals surface area (Å²) in [5.74, 6) is 1.81. The molecule has 0 bridgehead atoms. The van der Waals surface area contributed by atoms with Gasteiger partial charge in [-0.25, -0.2) is 4.68 Å². The number of hydrogen-bond acceptors (Lipinski definition) is 5. The highest BCUT2D eigenvalue weighted by Crippen LogP contribution is 2.28. The van der Waals surface area contributed by atoms with E-state index < -0.39 is 0 Å². The van der Waals surface area contributed by atoms with E-state index in [0.29, 0.717) is 6.54 Å². The van der Waals surface area contributed by atoms with Gasteiger partial charge in [0, 0.05) is 6.42 Å². The molecular formula is C13H17N5O. The topological polar surface area (TPSA) is 64.9 Å². The van der Waals surface area contributed by atoms with Crippen LogP contribution in [0.15, 0.2) is 24.3 Å². The number of para-hydroxylation sites is 1. The lowest BCUT2D eigenvalue weighted by Gasteiger charge is -2.14. The summed E-state index contributed by atoms with van der Waals surface area (Å²) in [5, 5.41) is 15.0. The van der Waals surface area contributed by atoms with Crippen LogP contribution in [-0.4, -0.2) is 33.4 Å². The van der Waals surface area contributed by atoms with Gasteiger partial charge in [0.05, 0.1) is 12.6 Å². The van der Waals surface area contributed by atoms with Crippen LogP contribution in [0.5, 0.6) is 5.75 Å². The van der Waals surface area contributed by atoms with Gasteiger partial charge >= 0.3 is 0 Å². The molecule has 100 valence electrons. The van der Waals surface area contributed by atoms with Gasteiger partial charge in [0.25, 0.3) is 0 Å². The predicted molar refractivity (Wildman–Crippen MR) is 69.9 cm³/mol. The largest absolute Gasteiger partial charge is 0.488 e. The van der Waals surface area contributed by atoms with E-state index in [-0.39, 0.29) is 12.1 Å². The minimum Gasteiger partial charge on any atom is -0.488 e. The van der Waals surface area contributed by atoms with Crippen molar-refractivity contribution in [1.82, 2.24) is 25.5 Å². The van der Waals surface area contributed by atoms with Crippen LogP contribution in [0.25, 0.3) is 0 Å². The first kappa shape index (κ1) is 12.1. The molecule has 1 aromatic carbocycles. The fourth-order valence-electron chi connectivity index (χ4n) is 2.33. The molecule has 3 rings (SSSR count). The van der Waals surface area contributed by atoms with Gasteiger partial charge in [-0.3, -0.25) is 0 Å². The van der Waals surface area contributed by atoms with Gasteiger partial charge in [-0.1, -0.05) is 18.2 Å². The van der Waals surface area contributed by atoms with E-state index in [1.165, 1.54) is 5.56 Å². The molecule has 0 radical (unpaired) electrons. The summed E-state index contributed by atoms with van der Waals surface area (Å²) in [6, 6.07) is 8.26. The van der Waals surface area contributed by atoms with Gasteiger partial charge in [0.1, 0.15) is 11.9 Å². The monoisotopic (exact) mass is 259 g/mol. The van der Waals surface area contributed by atoms with Crippen molar-refractivity contribution in [3.05, 3.63) is 35.7 Å². The fourth-order valence-corrected chi connectivity index (χ4v) is 2.33. The molecule has 2 heterocycles. The van der Waals surface area contributed by atoms with Crippen molar-refractivity contribution in [2.45, 2.75) is 32.0 Å². The second-order valence-corrected chi connectivity index (χ2v) is 4.78. The standard InChI is InChI=1S/C13H17N5O/c1-9(14-2)13-15-16-17-18(13)8-11-7-10-5-3-4-6-12(10)19-11/h3-6,9,11,14H,7-8H2,1-2H3. The molecule has 6 nitrogen and oxygen atoms in total. The maximum absolute atomic E-state index is 5.91. The van der Waals surface area contributed by atoms with Crippen LogP contribution in [0.2, 0.25) is 0 Å². The highest BCUT2D eigenvalue weighted by Gasteiger charge is 2.24. The molecule has 2 aromatic rings. The number of tetrazole rings is 1. The third-order valence-electron chi connectivity index (χ3n) is 3.47. The number of rotatable bonds is 4. The lowest BCUT2D eigenvalue weighted by Crippen LogP contribution is -2.26. The van der Waals surface area contributed by atoms with Crippen molar-refractivity contribution in [2.75, 3.05) is 7.05 Å². The van der Waals surface area contributed by atoms with E-state index in [1.54, 1.807) is 0 Å². The van der Waals surface area contributed by atoms with Crippen LogP contribution in [0.1, 0.15) is 24.4 Å². The second-order valence-electron chi connectivity index (χ2n) is 4.78. The second kappa shape index (κ2) is 4.97. The van der Waals surface area contributed by atoms with Crippen LogP contribution in [-0.2, 0) is 13.0 Å². The lowest BCUT2D eigenvalue weighted by molar-refractivity contribution is 0.199. The molecule has 1 aromatic heterocycles. The Kier molecular flexibility index (Phi) is 3.16. The first-order valence-electron chi connectivity index (χ1n) is 6.46. The van der Waals surface area contributed by atoms with Crippen molar-refractivity contribution in [3.8, 4) is 5.75 Å². The number of nitrogens with zero attached hydrogens (tertiary/aromatic N) is 4. The highest BCUT2D eigenvalue weighted by molar-refractivity contribution is 5.37. The predicted octanol–water partition coefficient (Wildman–Crippen LogP) is 0.957. The Hall–Kier alpha value is -1.95.